The average molecular weight is 251 g/mol. The Morgan fingerprint density at radius 1 is 1.22 bits per heavy atom. The molecule has 1 aromatic rings. The largest absolute Gasteiger partial charge is 0.493 e. The Hall–Kier alpha value is -2.04. The summed E-state index contributed by atoms with van der Waals surface area (Å²) in [4.78, 5) is 15.7. The molecule has 0 bridgehead atoms. The summed E-state index contributed by atoms with van der Waals surface area (Å²) in [7, 11) is 3.05. The zero-order chi connectivity index (χ0) is 13.5. The van der Waals surface area contributed by atoms with E-state index in [0.29, 0.717) is 29.6 Å². The quantitative estimate of drug-likeness (QED) is 0.608. The number of aliphatic imine (C=N–C) groups is 1. The highest BCUT2D eigenvalue weighted by Gasteiger charge is 2.10. The molecule has 0 aliphatic carbocycles. The van der Waals surface area contributed by atoms with Crippen molar-refractivity contribution in [2.45, 2.75) is 13.8 Å². The van der Waals surface area contributed by atoms with Crippen molar-refractivity contribution in [1.29, 1.82) is 0 Å². The van der Waals surface area contributed by atoms with Gasteiger partial charge in [-0.3, -0.25) is 4.79 Å². The maximum Gasteiger partial charge on any atom is 0.280 e. The van der Waals surface area contributed by atoms with Crippen LogP contribution < -0.4 is 9.47 Å². The van der Waals surface area contributed by atoms with Crippen LogP contribution in [0, 0.1) is 0 Å². The van der Waals surface area contributed by atoms with E-state index in [9.17, 15) is 4.79 Å². The molecule has 0 spiro atoms. The lowest BCUT2D eigenvalue weighted by Crippen LogP contribution is -2.05. The minimum atomic E-state index is -0.373. The maximum atomic E-state index is 11.8. The number of hydrogen-bond acceptors (Lipinski definition) is 4. The van der Waals surface area contributed by atoms with Gasteiger partial charge in [-0.2, -0.15) is 4.99 Å². The van der Waals surface area contributed by atoms with Gasteiger partial charge in [-0.05, 0) is 25.1 Å². The summed E-state index contributed by atoms with van der Waals surface area (Å²) < 4.78 is 15.3. The highest BCUT2D eigenvalue weighted by molar-refractivity contribution is 6.01. The predicted octanol–water partition coefficient (Wildman–Crippen LogP) is 2.30. The van der Waals surface area contributed by atoms with Crippen molar-refractivity contribution in [2.75, 3.05) is 20.8 Å². The first kappa shape index (κ1) is 14.0. The van der Waals surface area contributed by atoms with Crippen molar-refractivity contribution >= 4 is 11.8 Å². The van der Waals surface area contributed by atoms with Gasteiger partial charge < -0.3 is 14.2 Å². The van der Waals surface area contributed by atoms with E-state index in [1.165, 1.54) is 14.2 Å². The van der Waals surface area contributed by atoms with Crippen LogP contribution in [-0.4, -0.2) is 32.6 Å². The summed E-state index contributed by atoms with van der Waals surface area (Å²) in [5.41, 5.74) is 0.423. The molecule has 0 aliphatic rings. The molecular weight excluding hydrogens is 234 g/mol. The van der Waals surface area contributed by atoms with Gasteiger partial charge in [0.15, 0.2) is 17.4 Å². The van der Waals surface area contributed by atoms with E-state index in [-0.39, 0.29) is 5.91 Å². The monoisotopic (exact) mass is 251 g/mol. The van der Waals surface area contributed by atoms with Crippen LogP contribution in [0.5, 0.6) is 11.5 Å². The number of carbonyl (C=O) groups excluding carboxylic acids is 1. The molecule has 0 aliphatic heterocycles. The first-order chi connectivity index (χ1) is 8.62. The number of ether oxygens (including phenoxy) is 3. The Labute approximate surface area is 106 Å². The standard InChI is InChI=1S/C13H17NO4/c1-5-18-9(2)14-13(15)10-6-7-11(16-3)12(8-10)17-4/h6-8H,5H2,1-4H3. The fourth-order valence-electron chi connectivity index (χ4n) is 1.42. The number of carbonyl (C=O) groups is 1. The Morgan fingerprint density at radius 2 is 1.89 bits per heavy atom. The summed E-state index contributed by atoms with van der Waals surface area (Å²) >= 11 is 0. The van der Waals surface area contributed by atoms with Crippen LogP contribution in [0.1, 0.15) is 24.2 Å². The Bertz CT molecular complexity index is 454. The average Bonchev–Trinajstić information content (AvgIpc) is 2.38. The third-order valence-electron chi connectivity index (χ3n) is 2.24. The molecule has 0 saturated carbocycles. The van der Waals surface area contributed by atoms with Gasteiger partial charge in [-0.1, -0.05) is 0 Å². The molecule has 18 heavy (non-hydrogen) atoms. The Balaban J connectivity index is 2.97. The van der Waals surface area contributed by atoms with E-state index < -0.39 is 0 Å². The molecule has 98 valence electrons. The SMILES string of the molecule is CCOC(C)=NC(=O)c1ccc(OC)c(OC)c1. The molecule has 0 saturated heterocycles. The normalized spacial score (nSPS) is 11.0. The van der Waals surface area contributed by atoms with E-state index in [4.69, 9.17) is 14.2 Å². The molecular formula is C13H17NO4. The summed E-state index contributed by atoms with van der Waals surface area (Å²) in [5.74, 6) is 1.03. The van der Waals surface area contributed by atoms with Gasteiger partial charge in [0, 0.05) is 12.5 Å². The lowest BCUT2D eigenvalue weighted by Gasteiger charge is -2.08. The number of nitrogens with zero attached hydrogens (tertiary/aromatic N) is 1. The highest BCUT2D eigenvalue weighted by Crippen LogP contribution is 2.27. The first-order valence-corrected chi connectivity index (χ1v) is 5.56. The van der Waals surface area contributed by atoms with Crippen LogP contribution in [0.3, 0.4) is 0 Å². The molecule has 1 rings (SSSR count). The zero-order valence-electron chi connectivity index (χ0n) is 11.0. The van der Waals surface area contributed by atoms with E-state index in [1.54, 1.807) is 25.1 Å². The zero-order valence-corrected chi connectivity index (χ0v) is 11.0. The van der Waals surface area contributed by atoms with Gasteiger partial charge in [0.05, 0.1) is 20.8 Å². The third-order valence-corrected chi connectivity index (χ3v) is 2.24. The first-order valence-electron chi connectivity index (χ1n) is 5.56. The van der Waals surface area contributed by atoms with Crippen molar-refractivity contribution in [3.05, 3.63) is 23.8 Å². The summed E-state index contributed by atoms with van der Waals surface area (Å²) in [6.45, 7) is 3.95. The van der Waals surface area contributed by atoms with Crippen molar-refractivity contribution in [3.8, 4) is 11.5 Å². The molecule has 0 aromatic heterocycles. The van der Waals surface area contributed by atoms with Crippen molar-refractivity contribution < 1.29 is 19.0 Å². The fourth-order valence-corrected chi connectivity index (χ4v) is 1.42. The second-order valence-electron chi connectivity index (χ2n) is 3.44. The minimum absolute atomic E-state index is 0.345. The number of rotatable bonds is 4. The smallest absolute Gasteiger partial charge is 0.280 e. The van der Waals surface area contributed by atoms with Crippen molar-refractivity contribution in [3.63, 3.8) is 0 Å². The van der Waals surface area contributed by atoms with Gasteiger partial charge in [0.2, 0.25) is 0 Å². The molecule has 0 N–H and O–H groups in total. The molecule has 0 radical (unpaired) electrons. The summed E-state index contributed by atoms with van der Waals surface area (Å²) in [6, 6.07) is 4.88. The topological polar surface area (TPSA) is 57.1 Å². The van der Waals surface area contributed by atoms with Crippen LogP contribution in [0.4, 0.5) is 0 Å². The van der Waals surface area contributed by atoms with Gasteiger partial charge >= 0.3 is 0 Å². The van der Waals surface area contributed by atoms with Crippen LogP contribution >= 0.6 is 0 Å². The number of methoxy groups -OCH3 is 2. The van der Waals surface area contributed by atoms with Crippen LogP contribution in [0.15, 0.2) is 23.2 Å². The molecule has 1 amide bonds. The summed E-state index contributed by atoms with van der Waals surface area (Å²) in [5, 5.41) is 0. The predicted molar refractivity (Wildman–Crippen MR) is 68.6 cm³/mol. The molecule has 0 heterocycles. The van der Waals surface area contributed by atoms with Crippen molar-refractivity contribution in [1.82, 2.24) is 0 Å². The molecule has 1 aromatic carbocycles. The number of benzene rings is 1. The number of amides is 1. The van der Waals surface area contributed by atoms with E-state index >= 15 is 0 Å². The second-order valence-corrected chi connectivity index (χ2v) is 3.44. The number of hydrogen-bond donors (Lipinski definition) is 0. The van der Waals surface area contributed by atoms with Crippen LogP contribution in [0.2, 0.25) is 0 Å². The molecule has 0 atom stereocenters. The maximum absolute atomic E-state index is 11.8. The lowest BCUT2D eigenvalue weighted by molar-refractivity contribution is 0.0999. The Kier molecular flexibility index (Phi) is 5.17. The Morgan fingerprint density at radius 3 is 2.44 bits per heavy atom. The van der Waals surface area contributed by atoms with Crippen molar-refractivity contribution in [2.24, 2.45) is 4.99 Å². The minimum Gasteiger partial charge on any atom is -0.493 e. The van der Waals surface area contributed by atoms with E-state index in [1.807, 2.05) is 6.92 Å². The molecule has 0 fully saturated rings. The molecule has 5 heteroatoms. The third kappa shape index (κ3) is 3.48. The molecule has 5 nitrogen and oxygen atoms in total. The van der Waals surface area contributed by atoms with Crippen LogP contribution in [-0.2, 0) is 4.74 Å². The van der Waals surface area contributed by atoms with Gasteiger partial charge in [-0.15, -0.1) is 0 Å². The van der Waals surface area contributed by atoms with E-state index in [2.05, 4.69) is 4.99 Å². The molecule has 0 unspecified atom stereocenters. The van der Waals surface area contributed by atoms with Gasteiger partial charge in [0.25, 0.3) is 5.91 Å². The van der Waals surface area contributed by atoms with E-state index in [0.717, 1.165) is 0 Å². The van der Waals surface area contributed by atoms with Gasteiger partial charge in [0.1, 0.15) is 0 Å². The van der Waals surface area contributed by atoms with Gasteiger partial charge in [-0.25, -0.2) is 0 Å². The second kappa shape index (κ2) is 6.64. The lowest BCUT2D eigenvalue weighted by atomic mass is 10.2. The fraction of sp³-hybridized carbons (Fsp3) is 0.385. The van der Waals surface area contributed by atoms with Crippen LogP contribution in [0.25, 0.3) is 0 Å². The summed E-state index contributed by atoms with van der Waals surface area (Å²) in [6.07, 6.45) is 0. The highest BCUT2D eigenvalue weighted by atomic mass is 16.5.